The van der Waals surface area contributed by atoms with Crippen LogP contribution in [0.5, 0.6) is 17.2 Å². The van der Waals surface area contributed by atoms with Crippen LogP contribution in [0.15, 0.2) is 96.1 Å². The van der Waals surface area contributed by atoms with Crippen molar-refractivity contribution in [3.8, 4) is 17.2 Å². The number of amides is 1. The largest absolute Gasteiger partial charge is 0.490 e. The zero-order chi connectivity index (χ0) is 25.3. The van der Waals surface area contributed by atoms with Gasteiger partial charge in [0.1, 0.15) is 5.75 Å². The van der Waals surface area contributed by atoms with Gasteiger partial charge in [0.15, 0.2) is 17.6 Å². The molecule has 0 fully saturated rings. The number of benzene rings is 4. The van der Waals surface area contributed by atoms with Gasteiger partial charge < -0.3 is 14.2 Å². The second-order valence-corrected chi connectivity index (χ2v) is 7.90. The number of rotatable bonds is 9. The van der Waals surface area contributed by atoms with Crippen LogP contribution in [-0.2, 0) is 4.79 Å². The Morgan fingerprint density at radius 1 is 0.889 bits per heavy atom. The molecule has 36 heavy (non-hydrogen) atoms. The molecule has 0 radical (unpaired) electrons. The highest BCUT2D eigenvalue weighted by atomic mass is 16.6. The Balaban J connectivity index is 1.37. The standard InChI is InChI=1S/C29H26N2O5/c1-3-34-27-17-21(13-16-26(27)36-29(33)23-10-5-4-6-11-23)19-30-31-28(32)20(2)35-25-15-14-22-9-7-8-12-24(22)18-25/h4-20H,3H2,1-2H3,(H,31,32)/b30-19-/t20-/m1/s1. The highest BCUT2D eigenvalue weighted by Gasteiger charge is 2.15. The third-order valence-corrected chi connectivity index (χ3v) is 5.27. The minimum atomic E-state index is -0.748. The fourth-order valence-electron chi connectivity index (χ4n) is 3.45. The van der Waals surface area contributed by atoms with Gasteiger partial charge in [-0.3, -0.25) is 4.79 Å². The Labute approximate surface area is 209 Å². The maximum Gasteiger partial charge on any atom is 0.343 e. The molecule has 1 N–H and O–H groups in total. The van der Waals surface area contributed by atoms with E-state index in [9.17, 15) is 9.59 Å². The Kier molecular flexibility index (Phi) is 7.93. The maximum atomic E-state index is 12.4. The van der Waals surface area contributed by atoms with Crippen LogP contribution < -0.4 is 19.6 Å². The van der Waals surface area contributed by atoms with Crippen molar-refractivity contribution in [1.29, 1.82) is 0 Å². The summed E-state index contributed by atoms with van der Waals surface area (Å²) in [7, 11) is 0. The van der Waals surface area contributed by atoms with E-state index < -0.39 is 18.0 Å². The lowest BCUT2D eigenvalue weighted by Gasteiger charge is -2.13. The molecule has 0 aliphatic heterocycles. The molecule has 0 aromatic heterocycles. The van der Waals surface area contributed by atoms with E-state index in [4.69, 9.17) is 14.2 Å². The van der Waals surface area contributed by atoms with E-state index in [0.29, 0.717) is 35.0 Å². The van der Waals surface area contributed by atoms with Gasteiger partial charge in [0.05, 0.1) is 18.4 Å². The molecule has 4 aromatic rings. The number of hydrogen-bond donors (Lipinski definition) is 1. The minimum Gasteiger partial charge on any atom is -0.490 e. The average Bonchev–Trinajstić information content (AvgIpc) is 2.90. The zero-order valence-corrected chi connectivity index (χ0v) is 20.0. The molecule has 1 amide bonds. The molecule has 0 spiro atoms. The van der Waals surface area contributed by atoms with Gasteiger partial charge in [0.25, 0.3) is 5.91 Å². The van der Waals surface area contributed by atoms with Gasteiger partial charge in [-0.2, -0.15) is 5.10 Å². The van der Waals surface area contributed by atoms with Crippen molar-refractivity contribution in [1.82, 2.24) is 5.43 Å². The third kappa shape index (κ3) is 6.27. The molecule has 0 unspecified atom stereocenters. The van der Waals surface area contributed by atoms with Crippen molar-refractivity contribution in [3.05, 3.63) is 102 Å². The van der Waals surface area contributed by atoms with Crippen LogP contribution in [0.1, 0.15) is 29.8 Å². The van der Waals surface area contributed by atoms with Gasteiger partial charge in [-0.25, -0.2) is 10.2 Å². The van der Waals surface area contributed by atoms with E-state index >= 15 is 0 Å². The number of fused-ring (bicyclic) bond motifs is 1. The Bertz CT molecular complexity index is 1390. The quantitative estimate of drug-likeness (QED) is 0.150. The third-order valence-electron chi connectivity index (χ3n) is 5.27. The number of esters is 1. The van der Waals surface area contributed by atoms with E-state index in [1.165, 1.54) is 6.21 Å². The Morgan fingerprint density at radius 2 is 1.64 bits per heavy atom. The predicted molar refractivity (Wildman–Crippen MR) is 139 cm³/mol. The molecule has 0 saturated carbocycles. The van der Waals surface area contributed by atoms with Gasteiger partial charge >= 0.3 is 5.97 Å². The van der Waals surface area contributed by atoms with E-state index in [1.807, 2.05) is 55.5 Å². The van der Waals surface area contributed by atoms with Crippen LogP contribution in [0.25, 0.3) is 10.8 Å². The van der Waals surface area contributed by atoms with Crippen LogP contribution in [0.3, 0.4) is 0 Å². The molecule has 7 nitrogen and oxygen atoms in total. The van der Waals surface area contributed by atoms with Crippen molar-refractivity contribution in [2.75, 3.05) is 6.61 Å². The van der Waals surface area contributed by atoms with Gasteiger partial charge in [-0.1, -0.05) is 48.5 Å². The van der Waals surface area contributed by atoms with E-state index in [1.54, 1.807) is 49.4 Å². The second-order valence-electron chi connectivity index (χ2n) is 7.90. The molecule has 182 valence electrons. The van der Waals surface area contributed by atoms with Gasteiger partial charge in [-0.05, 0) is 72.6 Å². The monoisotopic (exact) mass is 482 g/mol. The summed E-state index contributed by atoms with van der Waals surface area (Å²) in [6.07, 6.45) is 0.730. The molecule has 0 bridgehead atoms. The predicted octanol–water partition coefficient (Wildman–Crippen LogP) is 5.38. The molecule has 0 aliphatic carbocycles. The Morgan fingerprint density at radius 3 is 2.42 bits per heavy atom. The Hall–Kier alpha value is -4.65. The summed E-state index contributed by atoms with van der Waals surface area (Å²) >= 11 is 0. The van der Waals surface area contributed by atoms with Gasteiger partial charge in [0.2, 0.25) is 0 Å². The lowest BCUT2D eigenvalue weighted by molar-refractivity contribution is -0.127. The van der Waals surface area contributed by atoms with E-state index in [2.05, 4.69) is 10.5 Å². The fraction of sp³-hybridized carbons (Fsp3) is 0.138. The number of nitrogens with zero attached hydrogens (tertiary/aromatic N) is 1. The highest BCUT2D eigenvalue weighted by molar-refractivity contribution is 5.91. The number of hydrogen-bond acceptors (Lipinski definition) is 6. The summed E-state index contributed by atoms with van der Waals surface area (Å²) in [5, 5.41) is 6.15. The summed E-state index contributed by atoms with van der Waals surface area (Å²) in [6.45, 7) is 3.88. The number of ether oxygens (including phenoxy) is 3. The first-order valence-electron chi connectivity index (χ1n) is 11.6. The normalized spacial score (nSPS) is 11.7. The van der Waals surface area contributed by atoms with Crippen molar-refractivity contribution < 1.29 is 23.8 Å². The lowest BCUT2D eigenvalue weighted by Crippen LogP contribution is -2.33. The molecule has 0 aliphatic rings. The van der Waals surface area contributed by atoms with Gasteiger partial charge in [-0.15, -0.1) is 0 Å². The number of carbonyl (C=O) groups excluding carboxylic acids is 2. The fourth-order valence-corrected chi connectivity index (χ4v) is 3.45. The summed E-state index contributed by atoms with van der Waals surface area (Å²) in [5.41, 5.74) is 3.58. The van der Waals surface area contributed by atoms with Crippen LogP contribution in [0.2, 0.25) is 0 Å². The number of carbonyl (C=O) groups is 2. The van der Waals surface area contributed by atoms with Crippen LogP contribution in [0, 0.1) is 0 Å². The first-order valence-corrected chi connectivity index (χ1v) is 11.6. The summed E-state index contributed by atoms with van der Waals surface area (Å²) in [5.74, 6) is 0.417. The number of nitrogens with one attached hydrogen (secondary N) is 1. The minimum absolute atomic E-state index is 0.296. The maximum absolute atomic E-state index is 12.4. The van der Waals surface area contributed by atoms with Gasteiger partial charge in [0, 0.05) is 0 Å². The molecule has 0 saturated heterocycles. The SMILES string of the molecule is CCOc1cc(/C=N\NC(=O)[C@@H](C)Oc2ccc3ccccc3c2)ccc1OC(=O)c1ccccc1. The van der Waals surface area contributed by atoms with Crippen LogP contribution in [-0.4, -0.2) is 30.8 Å². The molecule has 7 heteroatoms. The molecule has 1 atom stereocenters. The second kappa shape index (κ2) is 11.7. The van der Waals surface area contributed by atoms with E-state index in [0.717, 1.165) is 10.8 Å². The average molecular weight is 483 g/mol. The molecule has 0 heterocycles. The summed E-state index contributed by atoms with van der Waals surface area (Å²) in [4.78, 5) is 24.8. The first-order chi connectivity index (χ1) is 17.5. The van der Waals surface area contributed by atoms with Crippen molar-refractivity contribution in [3.63, 3.8) is 0 Å². The van der Waals surface area contributed by atoms with Crippen LogP contribution >= 0.6 is 0 Å². The number of hydrazone groups is 1. The van der Waals surface area contributed by atoms with Crippen LogP contribution in [0.4, 0.5) is 0 Å². The highest BCUT2D eigenvalue weighted by Crippen LogP contribution is 2.29. The lowest BCUT2D eigenvalue weighted by atomic mass is 10.1. The smallest absolute Gasteiger partial charge is 0.343 e. The molecule has 4 rings (SSSR count). The first kappa shape index (κ1) is 24.5. The molecular formula is C29H26N2O5. The summed E-state index contributed by atoms with van der Waals surface area (Å²) < 4.78 is 16.9. The van der Waals surface area contributed by atoms with Crippen molar-refractivity contribution in [2.24, 2.45) is 5.10 Å². The molecular weight excluding hydrogens is 456 g/mol. The summed E-state index contributed by atoms with van der Waals surface area (Å²) in [6, 6.07) is 27.3. The molecule has 4 aromatic carbocycles. The van der Waals surface area contributed by atoms with Crippen molar-refractivity contribution >= 4 is 28.9 Å². The van der Waals surface area contributed by atoms with E-state index in [-0.39, 0.29) is 0 Å². The zero-order valence-electron chi connectivity index (χ0n) is 20.0. The topological polar surface area (TPSA) is 86.2 Å². The van der Waals surface area contributed by atoms with Crippen molar-refractivity contribution in [2.45, 2.75) is 20.0 Å².